The number of methoxy groups -OCH3 is 2. The highest BCUT2D eigenvalue weighted by Gasteiger charge is 2.22. The van der Waals surface area contributed by atoms with E-state index in [-0.39, 0.29) is 35.6 Å². The number of hydrogen-bond acceptors (Lipinski definition) is 6. The summed E-state index contributed by atoms with van der Waals surface area (Å²) in [7, 11) is 2.64. The summed E-state index contributed by atoms with van der Waals surface area (Å²) >= 11 is 0. The number of nitrogens with zero attached hydrogens (tertiary/aromatic N) is 2. The number of nitrogens with one attached hydrogen (secondary N) is 1. The zero-order valence-electron chi connectivity index (χ0n) is 19.1. The molecular formula is C25H28F2N4O3. The van der Waals surface area contributed by atoms with Crippen LogP contribution in [0, 0.1) is 11.6 Å². The number of fused-ring (bicyclic) bond motifs is 1. The minimum atomic E-state index is -0.772. The van der Waals surface area contributed by atoms with Gasteiger partial charge < -0.3 is 25.3 Å². The van der Waals surface area contributed by atoms with Crippen molar-refractivity contribution in [1.29, 1.82) is 0 Å². The van der Waals surface area contributed by atoms with Gasteiger partial charge in [0, 0.05) is 59.4 Å². The number of rotatable bonds is 7. The first-order valence-corrected chi connectivity index (χ1v) is 11.1. The molecular weight excluding hydrogens is 442 g/mol. The quantitative estimate of drug-likeness (QED) is 0.451. The van der Waals surface area contributed by atoms with Gasteiger partial charge in [-0.1, -0.05) is 0 Å². The number of aromatic nitrogens is 2. The van der Waals surface area contributed by atoms with Gasteiger partial charge in [0.2, 0.25) is 0 Å². The van der Waals surface area contributed by atoms with E-state index in [2.05, 4.69) is 15.0 Å². The highest BCUT2D eigenvalue weighted by molar-refractivity contribution is 6.10. The molecule has 180 valence electrons. The maximum absolute atomic E-state index is 14.9. The van der Waals surface area contributed by atoms with E-state index in [0.29, 0.717) is 22.2 Å². The van der Waals surface area contributed by atoms with E-state index in [9.17, 15) is 13.9 Å². The third-order valence-electron chi connectivity index (χ3n) is 6.25. The number of allylic oxidation sites excluding steroid dienone is 1. The number of aliphatic hydroxyl groups excluding tert-OH is 1. The number of benzene rings is 1. The van der Waals surface area contributed by atoms with E-state index in [1.165, 1.54) is 26.5 Å². The minimum absolute atomic E-state index is 0.0312. The Kier molecular flexibility index (Phi) is 7.12. The van der Waals surface area contributed by atoms with Gasteiger partial charge in [-0.25, -0.2) is 13.8 Å². The Morgan fingerprint density at radius 3 is 2.47 bits per heavy atom. The van der Waals surface area contributed by atoms with Crippen molar-refractivity contribution in [2.24, 2.45) is 10.7 Å². The van der Waals surface area contributed by atoms with Crippen LogP contribution in [0.5, 0.6) is 11.5 Å². The highest BCUT2D eigenvalue weighted by Crippen LogP contribution is 2.34. The molecule has 4 N–H and O–H groups in total. The van der Waals surface area contributed by atoms with Crippen LogP contribution in [0.4, 0.5) is 8.78 Å². The second kappa shape index (κ2) is 10.2. The van der Waals surface area contributed by atoms with Gasteiger partial charge in [0.05, 0.1) is 26.4 Å². The average molecular weight is 471 g/mol. The van der Waals surface area contributed by atoms with Crippen molar-refractivity contribution in [3.63, 3.8) is 0 Å². The second-order valence-electron chi connectivity index (χ2n) is 8.36. The molecule has 0 atom stereocenters. The van der Waals surface area contributed by atoms with Crippen LogP contribution in [0.15, 0.2) is 35.7 Å². The fourth-order valence-electron chi connectivity index (χ4n) is 4.25. The molecule has 7 nitrogen and oxygen atoms in total. The van der Waals surface area contributed by atoms with Gasteiger partial charge in [-0.2, -0.15) is 0 Å². The smallest absolute Gasteiger partial charge is 0.171 e. The molecule has 34 heavy (non-hydrogen) atoms. The molecule has 4 rings (SSSR count). The summed E-state index contributed by atoms with van der Waals surface area (Å²) in [4.78, 5) is 12.1. The molecule has 1 aromatic carbocycles. The number of pyridine rings is 1. The number of nitrogens with two attached hydrogens (primary N) is 1. The molecule has 0 spiro atoms. The molecule has 0 unspecified atom stereocenters. The molecule has 0 amide bonds. The van der Waals surface area contributed by atoms with Crippen molar-refractivity contribution in [2.75, 3.05) is 14.2 Å². The Hall–Kier alpha value is -3.46. The Morgan fingerprint density at radius 1 is 1.18 bits per heavy atom. The molecule has 0 radical (unpaired) electrons. The Balaban J connectivity index is 1.65. The molecule has 0 saturated heterocycles. The lowest BCUT2D eigenvalue weighted by molar-refractivity contribution is 0.123. The number of aromatic amines is 1. The zero-order valence-corrected chi connectivity index (χ0v) is 19.1. The number of H-pyrrole nitrogens is 1. The first kappa shape index (κ1) is 23.7. The molecule has 1 saturated carbocycles. The van der Waals surface area contributed by atoms with Crippen LogP contribution in [0.25, 0.3) is 16.6 Å². The summed E-state index contributed by atoms with van der Waals surface area (Å²) in [6, 6.07) is 3.21. The van der Waals surface area contributed by atoms with Crippen LogP contribution in [0.3, 0.4) is 0 Å². The van der Waals surface area contributed by atoms with Crippen molar-refractivity contribution in [2.45, 2.75) is 44.2 Å². The fourth-order valence-corrected chi connectivity index (χ4v) is 4.25. The first-order valence-electron chi connectivity index (χ1n) is 11.1. The molecule has 1 fully saturated rings. The van der Waals surface area contributed by atoms with E-state index in [4.69, 9.17) is 15.2 Å². The second-order valence-corrected chi connectivity index (χ2v) is 8.36. The van der Waals surface area contributed by atoms with Crippen LogP contribution in [-0.2, 0) is 6.42 Å². The van der Waals surface area contributed by atoms with Crippen LogP contribution in [-0.4, -0.2) is 47.7 Å². The normalized spacial score (nSPS) is 19.1. The van der Waals surface area contributed by atoms with E-state index in [1.54, 1.807) is 18.6 Å². The van der Waals surface area contributed by atoms with Crippen molar-refractivity contribution < 1.29 is 23.4 Å². The molecule has 0 aliphatic heterocycles. The number of aliphatic hydroxyl groups is 1. The number of hydrogen-bond donors (Lipinski definition) is 3. The van der Waals surface area contributed by atoms with Gasteiger partial charge in [0.15, 0.2) is 23.1 Å². The fraction of sp³-hybridized carbons (Fsp3) is 0.360. The predicted molar refractivity (Wildman–Crippen MR) is 127 cm³/mol. The summed E-state index contributed by atoms with van der Waals surface area (Å²) in [5.74, 6) is -1.73. The zero-order chi connectivity index (χ0) is 24.2. The van der Waals surface area contributed by atoms with Gasteiger partial charge in [0.25, 0.3) is 0 Å². The monoisotopic (exact) mass is 470 g/mol. The number of ether oxygens (including phenoxy) is 2. The summed E-state index contributed by atoms with van der Waals surface area (Å²) in [5.41, 5.74) is 8.39. The molecule has 2 aromatic heterocycles. The summed E-state index contributed by atoms with van der Waals surface area (Å²) in [5, 5.41) is 10.4. The van der Waals surface area contributed by atoms with Gasteiger partial charge >= 0.3 is 0 Å². The standard InChI is InChI=1S/C25H28F2N4O3/c1-33-21-9-22(34-2)24(27)20(23(21)26)8-15-12-31-25-19(15)7-14(11-30-25)16(10-28)13-29-17-3-5-18(32)6-4-17/h7,9-13,17-18,32H,3-6,8,28H2,1-2H3,(H,30,31). The lowest BCUT2D eigenvalue weighted by atomic mass is 9.93. The van der Waals surface area contributed by atoms with Crippen molar-refractivity contribution >= 4 is 22.8 Å². The SMILES string of the molecule is COc1cc(OC)c(F)c(Cc2c[nH]c3ncc(C(C=NC4CCC(O)CC4)=CN)cc23)c1F. The number of halogens is 2. The van der Waals surface area contributed by atoms with Crippen molar-refractivity contribution in [3.05, 3.63) is 59.1 Å². The molecule has 0 bridgehead atoms. The highest BCUT2D eigenvalue weighted by atomic mass is 19.1. The van der Waals surface area contributed by atoms with Crippen LogP contribution in [0.1, 0.15) is 42.4 Å². The van der Waals surface area contributed by atoms with Gasteiger partial charge in [-0.3, -0.25) is 4.99 Å². The maximum atomic E-state index is 14.9. The lowest BCUT2D eigenvalue weighted by Gasteiger charge is -2.22. The molecule has 1 aliphatic rings. The molecule has 9 heteroatoms. The molecule has 1 aliphatic carbocycles. The van der Waals surface area contributed by atoms with Gasteiger partial charge in [-0.05, 0) is 37.3 Å². The van der Waals surface area contributed by atoms with Crippen LogP contribution in [0.2, 0.25) is 0 Å². The predicted octanol–water partition coefficient (Wildman–Crippen LogP) is 4.12. The van der Waals surface area contributed by atoms with Gasteiger partial charge in [0.1, 0.15) is 5.65 Å². The van der Waals surface area contributed by atoms with E-state index in [0.717, 1.165) is 31.2 Å². The van der Waals surface area contributed by atoms with E-state index >= 15 is 0 Å². The largest absolute Gasteiger partial charge is 0.494 e. The third-order valence-corrected chi connectivity index (χ3v) is 6.25. The van der Waals surface area contributed by atoms with Crippen LogP contribution < -0.4 is 15.2 Å². The Morgan fingerprint density at radius 2 is 1.85 bits per heavy atom. The summed E-state index contributed by atoms with van der Waals surface area (Å²) < 4.78 is 39.9. The Labute approximate surface area is 196 Å². The third kappa shape index (κ3) is 4.75. The summed E-state index contributed by atoms with van der Waals surface area (Å²) in [6.45, 7) is 0. The minimum Gasteiger partial charge on any atom is -0.494 e. The first-order chi connectivity index (χ1) is 16.4. The number of aliphatic imine (C=N–C) groups is 1. The van der Waals surface area contributed by atoms with E-state index < -0.39 is 11.6 Å². The van der Waals surface area contributed by atoms with E-state index in [1.807, 2.05) is 6.07 Å². The van der Waals surface area contributed by atoms with Crippen molar-refractivity contribution in [1.82, 2.24) is 9.97 Å². The van der Waals surface area contributed by atoms with Gasteiger partial charge in [-0.15, -0.1) is 0 Å². The van der Waals surface area contributed by atoms with Crippen LogP contribution >= 0.6 is 0 Å². The lowest BCUT2D eigenvalue weighted by Crippen LogP contribution is -2.20. The Bertz CT molecular complexity index is 1200. The molecule has 3 aromatic rings. The topological polar surface area (TPSA) is 106 Å². The summed E-state index contributed by atoms with van der Waals surface area (Å²) in [6.07, 6.45) is 9.41. The van der Waals surface area contributed by atoms with Crippen molar-refractivity contribution in [3.8, 4) is 11.5 Å². The average Bonchev–Trinajstić information content (AvgIpc) is 3.25. The molecule has 2 heterocycles. The maximum Gasteiger partial charge on any atom is 0.171 e.